The third-order valence-corrected chi connectivity index (χ3v) is 4.56. The van der Waals surface area contributed by atoms with E-state index in [-0.39, 0.29) is 12.5 Å². The van der Waals surface area contributed by atoms with Crippen molar-refractivity contribution in [1.29, 1.82) is 0 Å². The Morgan fingerprint density at radius 1 is 1.17 bits per heavy atom. The van der Waals surface area contributed by atoms with Crippen molar-refractivity contribution < 1.29 is 14.3 Å². The second-order valence-corrected chi connectivity index (χ2v) is 6.82. The number of carbonyl (C=O) groups is 1. The Hall–Kier alpha value is -2.12. The number of aromatic nitrogens is 1. The van der Waals surface area contributed by atoms with Crippen LogP contribution in [0.4, 0.5) is 5.13 Å². The number of ether oxygens (including phenoxy) is 2. The van der Waals surface area contributed by atoms with Crippen LogP contribution >= 0.6 is 27.3 Å². The van der Waals surface area contributed by atoms with Crippen molar-refractivity contribution in [1.82, 2.24) is 4.98 Å². The lowest BCUT2D eigenvalue weighted by Crippen LogP contribution is -2.19. The zero-order valence-electron chi connectivity index (χ0n) is 12.9. The summed E-state index contributed by atoms with van der Waals surface area (Å²) in [7, 11) is 0. The van der Waals surface area contributed by atoms with Crippen LogP contribution < -0.4 is 14.8 Å². The van der Waals surface area contributed by atoms with Crippen LogP contribution in [0.25, 0.3) is 10.2 Å². The summed E-state index contributed by atoms with van der Waals surface area (Å²) in [6.07, 6.45) is 0. The van der Waals surface area contributed by atoms with Crippen LogP contribution in [0.15, 0.2) is 46.9 Å². The lowest BCUT2D eigenvalue weighted by molar-refractivity contribution is -0.118. The van der Waals surface area contributed by atoms with Crippen molar-refractivity contribution in [2.75, 3.05) is 18.5 Å². The Kier molecular flexibility index (Phi) is 5.32. The first-order valence-electron chi connectivity index (χ1n) is 7.35. The van der Waals surface area contributed by atoms with Gasteiger partial charge in [-0.3, -0.25) is 10.1 Å². The molecule has 0 atom stereocenters. The molecule has 2 aromatic carbocycles. The molecule has 7 heteroatoms. The monoisotopic (exact) mass is 406 g/mol. The molecule has 0 saturated heterocycles. The standard InChI is InChI=1S/C17H15BrN2O3S/c1-2-22-13-7-8-14-15(9-13)24-17(19-14)20-16(21)10-23-12-5-3-11(18)4-6-12/h3-9H,2,10H2,1H3,(H,19,20,21). The Balaban J connectivity index is 1.61. The molecular formula is C17H15BrN2O3S. The fourth-order valence-electron chi connectivity index (χ4n) is 2.05. The number of rotatable bonds is 6. The molecule has 24 heavy (non-hydrogen) atoms. The number of carbonyl (C=O) groups excluding carboxylic acids is 1. The van der Waals surface area contributed by atoms with Crippen molar-refractivity contribution in [2.24, 2.45) is 0 Å². The molecule has 0 saturated carbocycles. The summed E-state index contributed by atoms with van der Waals surface area (Å²) in [5.41, 5.74) is 0.826. The minimum atomic E-state index is -0.248. The van der Waals surface area contributed by atoms with Crippen LogP contribution in [0.1, 0.15) is 6.92 Å². The smallest absolute Gasteiger partial charge is 0.264 e. The highest BCUT2D eigenvalue weighted by Crippen LogP contribution is 2.29. The van der Waals surface area contributed by atoms with E-state index in [2.05, 4.69) is 26.2 Å². The van der Waals surface area contributed by atoms with Crippen molar-refractivity contribution in [3.63, 3.8) is 0 Å². The van der Waals surface area contributed by atoms with Gasteiger partial charge in [0.25, 0.3) is 5.91 Å². The molecule has 0 fully saturated rings. The quantitative estimate of drug-likeness (QED) is 0.655. The van der Waals surface area contributed by atoms with Crippen LogP contribution in [-0.2, 0) is 4.79 Å². The molecule has 1 N–H and O–H groups in total. The highest BCUT2D eigenvalue weighted by Gasteiger charge is 2.09. The fraction of sp³-hybridized carbons (Fsp3) is 0.176. The van der Waals surface area contributed by atoms with Gasteiger partial charge in [0.05, 0.1) is 16.8 Å². The van der Waals surface area contributed by atoms with Crippen molar-refractivity contribution in [2.45, 2.75) is 6.92 Å². The number of nitrogens with zero attached hydrogens (tertiary/aromatic N) is 1. The van der Waals surface area contributed by atoms with E-state index >= 15 is 0 Å². The van der Waals surface area contributed by atoms with Crippen molar-refractivity contribution >= 4 is 48.5 Å². The molecule has 3 rings (SSSR count). The molecular weight excluding hydrogens is 392 g/mol. The van der Waals surface area contributed by atoms with E-state index in [4.69, 9.17) is 9.47 Å². The fourth-order valence-corrected chi connectivity index (χ4v) is 3.22. The van der Waals surface area contributed by atoms with Gasteiger partial charge >= 0.3 is 0 Å². The third-order valence-electron chi connectivity index (χ3n) is 3.10. The van der Waals surface area contributed by atoms with Crippen molar-refractivity contribution in [3.05, 3.63) is 46.9 Å². The zero-order chi connectivity index (χ0) is 16.9. The molecule has 0 radical (unpaired) electrons. The highest BCUT2D eigenvalue weighted by molar-refractivity contribution is 9.10. The summed E-state index contributed by atoms with van der Waals surface area (Å²) in [5, 5.41) is 3.30. The number of benzene rings is 2. The van der Waals surface area contributed by atoms with Gasteiger partial charge in [0, 0.05) is 4.47 Å². The molecule has 0 spiro atoms. The van der Waals surface area contributed by atoms with Gasteiger partial charge in [0.1, 0.15) is 11.5 Å². The molecule has 0 aliphatic rings. The van der Waals surface area contributed by atoms with Gasteiger partial charge in [0.15, 0.2) is 11.7 Å². The van der Waals surface area contributed by atoms with Gasteiger partial charge in [-0.2, -0.15) is 0 Å². The zero-order valence-corrected chi connectivity index (χ0v) is 15.3. The van der Waals surface area contributed by atoms with Crippen molar-refractivity contribution in [3.8, 4) is 11.5 Å². The van der Waals surface area contributed by atoms with Crippen LogP contribution in [0.5, 0.6) is 11.5 Å². The molecule has 0 aliphatic carbocycles. The van der Waals surface area contributed by atoms with Gasteiger partial charge in [-0.05, 0) is 49.4 Å². The number of nitrogens with one attached hydrogen (secondary N) is 1. The number of thiazole rings is 1. The maximum atomic E-state index is 12.0. The Bertz CT molecular complexity index is 849. The van der Waals surface area contributed by atoms with Crippen LogP contribution in [-0.4, -0.2) is 24.1 Å². The van der Waals surface area contributed by atoms with Gasteiger partial charge in [-0.1, -0.05) is 27.3 Å². The molecule has 0 unspecified atom stereocenters. The summed E-state index contributed by atoms with van der Waals surface area (Å²) in [6.45, 7) is 2.48. The molecule has 1 heterocycles. The normalized spacial score (nSPS) is 10.6. The number of fused-ring (bicyclic) bond motifs is 1. The van der Waals surface area contributed by atoms with E-state index in [1.54, 1.807) is 12.1 Å². The molecule has 0 aliphatic heterocycles. The SMILES string of the molecule is CCOc1ccc2nc(NC(=O)COc3ccc(Br)cc3)sc2c1. The first-order chi connectivity index (χ1) is 11.6. The minimum absolute atomic E-state index is 0.0677. The van der Waals surface area contributed by atoms with Gasteiger partial charge in [-0.15, -0.1) is 0 Å². The van der Waals surface area contributed by atoms with E-state index in [9.17, 15) is 4.79 Å². The maximum absolute atomic E-state index is 12.0. The molecule has 124 valence electrons. The predicted molar refractivity (Wildman–Crippen MR) is 99.1 cm³/mol. The van der Waals surface area contributed by atoms with Gasteiger partial charge in [-0.25, -0.2) is 4.98 Å². The average Bonchev–Trinajstić information content (AvgIpc) is 2.96. The van der Waals surface area contributed by atoms with E-state index in [0.29, 0.717) is 17.5 Å². The molecule has 5 nitrogen and oxygen atoms in total. The molecule has 0 bridgehead atoms. The molecule has 3 aromatic rings. The van der Waals surface area contributed by atoms with Crippen LogP contribution in [0, 0.1) is 0 Å². The first-order valence-corrected chi connectivity index (χ1v) is 8.96. The van der Waals surface area contributed by atoms with E-state index in [0.717, 1.165) is 20.4 Å². The summed E-state index contributed by atoms with van der Waals surface area (Å²) in [4.78, 5) is 16.4. The number of hydrogen-bond acceptors (Lipinski definition) is 5. The minimum Gasteiger partial charge on any atom is -0.494 e. The number of anilines is 1. The van der Waals surface area contributed by atoms with Crippen LogP contribution in [0.3, 0.4) is 0 Å². The largest absolute Gasteiger partial charge is 0.494 e. The predicted octanol–water partition coefficient (Wildman–Crippen LogP) is 4.48. The second-order valence-electron chi connectivity index (χ2n) is 4.87. The molecule has 1 aromatic heterocycles. The summed E-state index contributed by atoms with van der Waals surface area (Å²) in [6, 6.07) is 13.0. The average molecular weight is 407 g/mol. The van der Waals surface area contributed by atoms with E-state index < -0.39 is 0 Å². The van der Waals surface area contributed by atoms with E-state index in [1.165, 1.54) is 11.3 Å². The summed E-state index contributed by atoms with van der Waals surface area (Å²) >= 11 is 4.76. The Morgan fingerprint density at radius 2 is 1.92 bits per heavy atom. The topological polar surface area (TPSA) is 60.5 Å². The first kappa shape index (κ1) is 16.7. The number of amides is 1. The Morgan fingerprint density at radius 3 is 2.67 bits per heavy atom. The van der Waals surface area contributed by atoms with Gasteiger partial charge in [0.2, 0.25) is 0 Å². The maximum Gasteiger partial charge on any atom is 0.264 e. The van der Waals surface area contributed by atoms with Gasteiger partial charge < -0.3 is 9.47 Å². The summed E-state index contributed by atoms with van der Waals surface area (Å²) in [5.74, 6) is 1.19. The lowest BCUT2D eigenvalue weighted by atomic mass is 10.3. The Labute approximate surface area is 151 Å². The van der Waals surface area contributed by atoms with Crippen LogP contribution in [0.2, 0.25) is 0 Å². The second kappa shape index (κ2) is 7.63. The highest BCUT2D eigenvalue weighted by atomic mass is 79.9. The number of halogens is 1. The summed E-state index contributed by atoms with van der Waals surface area (Å²) < 4.78 is 12.8. The lowest BCUT2D eigenvalue weighted by Gasteiger charge is -2.05. The number of hydrogen-bond donors (Lipinski definition) is 1. The third kappa shape index (κ3) is 4.24. The molecule has 1 amide bonds. The van der Waals surface area contributed by atoms with E-state index in [1.807, 2.05) is 37.3 Å².